The first-order valence-corrected chi connectivity index (χ1v) is 8.53. The van der Waals surface area contributed by atoms with Crippen molar-refractivity contribution < 1.29 is 19.0 Å². The van der Waals surface area contributed by atoms with Gasteiger partial charge in [-0.15, -0.1) is 0 Å². The highest BCUT2D eigenvalue weighted by Gasteiger charge is 2.15. The van der Waals surface area contributed by atoms with Crippen LogP contribution in [0.2, 0.25) is 0 Å². The normalized spacial score (nSPS) is 16.6. The summed E-state index contributed by atoms with van der Waals surface area (Å²) in [7, 11) is 1.59. The SMILES string of the molecule is COc1ccccc1Oc1ccccc1NC(=O)NC[C@H]1CNCCO1. The van der Waals surface area contributed by atoms with Gasteiger partial charge in [0.25, 0.3) is 0 Å². The summed E-state index contributed by atoms with van der Waals surface area (Å²) in [4.78, 5) is 12.2. The van der Waals surface area contributed by atoms with Crippen LogP contribution in [0.5, 0.6) is 17.2 Å². The van der Waals surface area contributed by atoms with Gasteiger partial charge in [-0.2, -0.15) is 0 Å². The molecule has 1 aliphatic rings. The van der Waals surface area contributed by atoms with Gasteiger partial charge >= 0.3 is 6.03 Å². The van der Waals surface area contributed by atoms with Crippen LogP contribution >= 0.6 is 0 Å². The molecule has 1 saturated heterocycles. The minimum atomic E-state index is -0.310. The molecule has 1 aliphatic heterocycles. The quantitative estimate of drug-likeness (QED) is 0.740. The summed E-state index contributed by atoms with van der Waals surface area (Å²) in [5.41, 5.74) is 0.568. The van der Waals surface area contributed by atoms with Gasteiger partial charge in [0.15, 0.2) is 17.2 Å². The van der Waals surface area contributed by atoms with Crippen molar-refractivity contribution in [2.45, 2.75) is 6.10 Å². The predicted octanol–water partition coefficient (Wildman–Crippen LogP) is 2.60. The topological polar surface area (TPSA) is 80.9 Å². The van der Waals surface area contributed by atoms with E-state index in [1.807, 2.05) is 36.4 Å². The minimum absolute atomic E-state index is 0.0189. The molecule has 0 saturated carbocycles. The number of hydrogen-bond acceptors (Lipinski definition) is 5. The number of methoxy groups -OCH3 is 1. The van der Waals surface area contributed by atoms with E-state index in [1.165, 1.54) is 0 Å². The maximum absolute atomic E-state index is 12.2. The van der Waals surface area contributed by atoms with E-state index < -0.39 is 0 Å². The zero-order valence-electron chi connectivity index (χ0n) is 14.7. The van der Waals surface area contributed by atoms with E-state index >= 15 is 0 Å². The maximum atomic E-state index is 12.2. The average Bonchev–Trinajstić information content (AvgIpc) is 2.69. The van der Waals surface area contributed by atoms with Crippen LogP contribution < -0.4 is 25.4 Å². The molecule has 2 aromatic carbocycles. The molecule has 1 fully saturated rings. The van der Waals surface area contributed by atoms with Gasteiger partial charge in [-0.1, -0.05) is 24.3 Å². The standard InChI is InChI=1S/C19H23N3O4/c1-24-17-8-4-5-9-18(17)26-16-7-3-2-6-15(16)22-19(23)21-13-14-12-20-10-11-25-14/h2-9,14,20H,10-13H2,1H3,(H2,21,22,23)/t14-/m1/s1. The van der Waals surface area contributed by atoms with Crippen molar-refractivity contribution in [3.05, 3.63) is 48.5 Å². The number of amides is 2. The van der Waals surface area contributed by atoms with Gasteiger partial charge < -0.3 is 30.2 Å². The molecule has 1 heterocycles. The molecule has 0 radical (unpaired) electrons. The number of morpholine rings is 1. The first-order valence-electron chi connectivity index (χ1n) is 8.53. The highest BCUT2D eigenvalue weighted by atomic mass is 16.5. The molecule has 7 heteroatoms. The fourth-order valence-corrected chi connectivity index (χ4v) is 2.60. The lowest BCUT2D eigenvalue weighted by atomic mass is 10.2. The fourth-order valence-electron chi connectivity index (χ4n) is 2.60. The number of hydrogen-bond donors (Lipinski definition) is 3. The van der Waals surface area contributed by atoms with E-state index in [9.17, 15) is 4.79 Å². The summed E-state index contributed by atoms with van der Waals surface area (Å²) in [5, 5.41) is 8.86. The number of nitrogens with one attached hydrogen (secondary N) is 3. The molecule has 7 nitrogen and oxygen atoms in total. The molecule has 0 aliphatic carbocycles. The molecule has 2 aromatic rings. The Hall–Kier alpha value is -2.77. The van der Waals surface area contributed by atoms with E-state index in [1.54, 1.807) is 19.2 Å². The Kier molecular flexibility index (Phi) is 6.29. The van der Waals surface area contributed by atoms with Gasteiger partial charge in [0.2, 0.25) is 0 Å². The maximum Gasteiger partial charge on any atom is 0.319 e. The lowest BCUT2D eigenvalue weighted by Gasteiger charge is -2.23. The first kappa shape index (κ1) is 18.0. The summed E-state index contributed by atoms with van der Waals surface area (Å²) in [6.07, 6.45) is -0.0189. The Morgan fingerprint density at radius 1 is 1.15 bits per heavy atom. The predicted molar refractivity (Wildman–Crippen MR) is 99.1 cm³/mol. The van der Waals surface area contributed by atoms with Crippen molar-refractivity contribution in [1.29, 1.82) is 0 Å². The molecule has 1 atom stereocenters. The number of anilines is 1. The van der Waals surface area contributed by atoms with Crippen molar-refractivity contribution in [3.63, 3.8) is 0 Å². The van der Waals surface area contributed by atoms with Crippen LogP contribution in [-0.4, -0.2) is 45.5 Å². The Labute approximate surface area is 152 Å². The van der Waals surface area contributed by atoms with Crippen LogP contribution in [0.15, 0.2) is 48.5 Å². The molecule has 0 aromatic heterocycles. The van der Waals surface area contributed by atoms with E-state index in [2.05, 4.69) is 16.0 Å². The number of carbonyl (C=O) groups excluding carboxylic acids is 1. The number of benzene rings is 2. The Morgan fingerprint density at radius 3 is 2.62 bits per heavy atom. The molecule has 0 bridgehead atoms. The van der Waals surface area contributed by atoms with Gasteiger partial charge in [-0.25, -0.2) is 4.79 Å². The largest absolute Gasteiger partial charge is 0.493 e. The van der Waals surface area contributed by atoms with Gasteiger partial charge in [-0.3, -0.25) is 0 Å². The summed E-state index contributed by atoms with van der Waals surface area (Å²) in [5.74, 6) is 1.72. The van der Waals surface area contributed by atoms with E-state index in [0.29, 0.717) is 36.1 Å². The summed E-state index contributed by atoms with van der Waals surface area (Å²) >= 11 is 0. The van der Waals surface area contributed by atoms with Crippen LogP contribution in [-0.2, 0) is 4.74 Å². The second kappa shape index (κ2) is 9.07. The number of urea groups is 1. The number of rotatable bonds is 6. The molecule has 138 valence electrons. The third-order valence-electron chi connectivity index (χ3n) is 3.92. The van der Waals surface area contributed by atoms with Crippen molar-refractivity contribution in [3.8, 4) is 17.2 Å². The lowest BCUT2D eigenvalue weighted by Crippen LogP contribution is -2.46. The van der Waals surface area contributed by atoms with Gasteiger partial charge in [-0.05, 0) is 24.3 Å². The van der Waals surface area contributed by atoms with Gasteiger partial charge in [0.05, 0.1) is 25.5 Å². The molecule has 2 amide bonds. The molecule has 3 rings (SSSR count). The highest BCUT2D eigenvalue weighted by molar-refractivity contribution is 5.91. The van der Waals surface area contributed by atoms with Crippen molar-refractivity contribution >= 4 is 11.7 Å². The second-order valence-corrected chi connectivity index (χ2v) is 5.78. The van der Waals surface area contributed by atoms with Gasteiger partial charge in [0.1, 0.15) is 0 Å². The van der Waals surface area contributed by atoms with E-state index in [-0.39, 0.29) is 12.1 Å². The van der Waals surface area contributed by atoms with Crippen LogP contribution in [0.1, 0.15) is 0 Å². The smallest absolute Gasteiger partial charge is 0.319 e. The molecule has 0 unspecified atom stereocenters. The third-order valence-corrected chi connectivity index (χ3v) is 3.92. The molecule has 0 spiro atoms. The highest BCUT2D eigenvalue weighted by Crippen LogP contribution is 2.34. The zero-order chi connectivity index (χ0) is 18.2. The Morgan fingerprint density at radius 2 is 1.88 bits per heavy atom. The Balaban J connectivity index is 1.62. The van der Waals surface area contributed by atoms with E-state index in [0.717, 1.165) is 13.1 Å². The van der Waals surface area contributed by atoms with Crippen molar-refractivity contribution in [1.82, 2.24) is 10.6 Å². The average molecular weight is 357 g/mol. The van der Waals surface area contributed by atoms with Crippen LogP contribution in [0.4, 0.5) is 10.5 Å². The van der Waals surface area contributed by atoms with Crippen LogP contribution in [0.25, 0.3) is 0 Å². The number of carbonyl (C=O) groups is 1. The summed E-state index contributed by atoms with van der Waals surface area (Å²) in [6.45, 7) is 2.67. The molecular formula is C19H23N3O4. The third kappa shape index (κ3) is 4.87. The van der Waals surface area contributed by atoms with Gasteiger partial charge in [0, 0.05) is 19.6 Å². The first-order chi connectivity index (χ1) is 12.8. The minimum Gasteiger partial charge on any atom is -0.493 e. The number of ether oxygens (including phenoxy) is 3. The summed E-state index contributed by atoms with van der Waals surface area (Å²) in [6, 6.07) is 14.3. The second-order valence-electron chi connectivity index (χ2n) is 5.78. The van der Waals surface area contributed by atoms with Crippen molar-refractivity contribution in [2.75, 3.05) is 38.7 Å². The lowest BCUT2D eigenvalue weighted by molar-refractivity contribution is 0.0310. The van der Waals surface area contributed by atoms with E-state index in [4.69, 9.17) is 14.2 Å². The monoisotopic (exact) mass is 357 g/mol. The molecule has 26 heavy (non-hydrogen) atoms. The fraction of sp³-hybridized carbons (Fsp3) is 0.316. The Bertz CT molecular complexity index is 732. The van der Waals surface area contributed by atoms with Crippen LogP contribution in [0.3, 0.4) is 0 Å². The number of para-hydroxylation sites is 4. The van der Waals surface area contributed by atoms with Crippen LogP contribution in [0, 0.1) is 0 Å². The zero-order valence-corrected chi connectivity index (χ0v) is 14.7. The molecule has 3 N–H and O–H groups in total. The summed E-state index contributed by atoms with van der Waals surface area (Å²) < 4.78 is 16.8. The molecular weight excluding hydrogens is 334 g/mol. The van der Waals surface area contributed by atoms with Crippen molar-refractivity contribution in [2.24, 2.45) is 0 Å².